The average molecular weight is 307 g/mol. The average Bonchev–Trinajstić information content (AvgIpc) is 2.62. The van der Waals surface area contributed by atoms with Gasteiger partial charge in [-0.05, 0) is 18.1 Å². The SMILES string of the molecule is CN1CCCN(S(=O)(=O)Cc2ccccc2C#N)CC1=O. The lowest BCUT2D eigenvalue weighted by atomic mass is 10.1. The Kier molecular flexibility index (Phi) is 4.60. The summed E-state index contributed by atoms with van der Waals surface area (Å²) in [6.07, 6.45) is 0.612. The number of amides is 1. The zero-order valence-electron chi connectivity index (χ0n) is 11.8. The van der Waals surface area contributed by atoms with Crippen LogP contribution in [0.25, 0.3) is 0 Å². The molecule has 21 heavy (non-hydrogen) atoms. The van der Waals surface area contributed by atoms with E-state index in [1.165, 1.54) is 4.31 Å². The number of rotatable bonds is 3. The summed E-state index contributed by atoms with van der Waals surface area (Å²) in [4.78, 5) is 13.4. The highest BCUT2D eigenvalue weighted by molar-refractivity contribution is 7.88. The number of hydrogen-bond donors (Lipinski definition) is 0. The van der Waals surface area contributed by atoms with Crippen LogP contribution in [0.4, 0.5) is 0 Å². The van der Waals surface area contributed by atoms with Crippen LogP contribution in [-0.2, 0) is 20.6 Å². The van der Waals surface area contributed by atoms with Crippen molar-refractivity contribution in [2.24, 2.45) is 0 Å². The first-order chi connectivity index (χ1) is 9.94. The molecule has 0 spiro atoms. The molecule has 0 unspecified atom stereocenters. The fraction of sp³-hybridized carbons (Fsp3) is 0.429. The van der Waals surface area contributed by atoms with Gasteiger partial charge in [0.15, 0.2) is 0 Å². The second-order valence-corrected chi connectivity index (χ2v) is 7.00. The van der Waals surface area contributed by atoms with Gasteiger partial charge in [0.1, 0.15) is 0 Å². The monoisotopic (exact) mass is 307 g/mol. The van der Waals surface area contributed by atoms with Crippen molar-refractivity contribution >= 4 is 15.9 Å². The Hall–Kier alpha value is -1.91. The topological polar surface area (TPSA) is 81.5 Å². The van der Waals surface area contributed by atoms with Gasteiger partial charge in [0.2, 0.25) is 15.9 Å². The highest BCUT2D eigenvalue weighted by Gasteiger charge is 2.28. The van der Waals surface area contributed by atoms with Gasteiger partial charge >= 0.3 is 0 Å². The van der Waals surface area contributed by atoms with E-state index in [0.717, 1.165) is 0 Å². The minimum absolute atomic E-state index is 0.131. The van der Waals surface area contributed by atoms with Gasteiger partial charge < -0.3 is 4.90 Å². The maximum absolute atomic E-state index is 12.5. The Morgan fingerprint density at radius 3 is 2.71 bits per heavy atom. The molecule has 7 heteroatoms. The predicted molar refractivity (Wildman–Crippen MR) is 77.6 cm³/mol. The van der Waals surface area contributed by atoms with Gasteiger partial charge in [-0.3, -0.25) is 4.79 Å². The van der Waals surface area contributed by atoms with Crippen molar-refractivity contribution in [3.8, 4) is 6.07 Å². The molecule has 1 aliphatic heterocycles. The lowest BCUT2D eigenvalue weighted by Crippen LogP contribution is -2.38. The normalized spacial score (nSPS) is 17.3. The van der Waals surface area contributed by atoms with E-state index in [4.69, 9.17) is 5.26 Å². The molecule has 1 aromatic rings. The fourth-order valence-electron chi connectivity index (χ4n) is 2.24. The Labute approximate surface area is 124 Å². The zero-order valence-corrected chi connectivity index (χ0v) is 12.6. The summed E-state index contributed by atoms with van der Waals surface area (Å²) in [6.45, 7) is 0.750. The molecule has 2 rings (SSSR count). The third-order valence-corrected chi connectivity index (χ3v) is 5.28. The van der Waals surface area contributed by atoms with Crippen LogP contribution in [0.3, 0.4) is 0 Å². The van der Waals surface area contributed by atoms with E-state index in [2.05, 4.69) is 0 Å². The van der Waals surface area contributed by atoms with Crippen molar-refractivity contribution < 1.29 is 13.2 Å². The molecular formula is C14H17N3O3S. The maximum atomic E-state index is 12.5. The van der Waals surface area contributed by atoms with E-state index in [1.54, 1.807) is 36.2 Å². The first-order valence-corrected chi connectivity index (χ1v) is 8.25. The van der Waals surface area contributed by atoms with Crippen LogP contribution in [0.5, 0.6) is 0 Å². The van der Waals surface area contributed by atoms with Crippen molar-refractivity contribution in [3.05, 3.63) is 35.4 Å². The third-order valence-electron chi connectivity index (χ3n) is 3.51. The summed E-state index contributed by atoms with van der Waals surface area (Å²) in [5.74, 6) is -0.460. The molecule has 0 bridgehead atoms. The molecule has 0 aromatic heterocycles. The van der Waals surface area contributed by atoms with Gasteiger partial charge in [0.25, 0.3) is 0 Å². The number of benzene rings is 1. The standard InChI is InChI=1S/C14H17N3O3S/c1-16-7-4-8-17(10-14(16)18)21(19,20)11-13-6-3-2-5-12(13)9-15/h2-3,5-6H,4,7-8,10-11H2,1H3. The van der Waals surface area contributed by atoms with Gasteiger partial charge in [-0.15, -0.1) is 0 Å². The lowest BCUT2D eigenvalue weighted by Gasteiger charge is -2.19. The van der Waals surface area contributed by atoms with E-state index in [-0.39, 0.29) is 18.2 Å². The van der Waals surface area contributed by atoms with Gasteiger partial charge in [0, 0.05) is 20.1 Å². The van der Waals surface area contributed by atoms with E-state index in [0.29, 0.717) is 30.6 Å². The third kappa shape index (κ3) is 3.60. The lowest BCUT2D eigenvalue weighted by molar-refractivity contribution is -0.129. The molecule has 0 atom stereocenters. The van der Waals surface area contributed by atoms with Crippen molar-refractivity contribution in [1.82, 2.24) is 9.21 Å². The smallest absolute Gasteiger partial charge is 0.237 e. The predicted octanol–water partition coefficient (Wildman–Crippen LogP) is 0.552. The summed E-state index contributed by atoms with van der Waals surface area (Å²) in [5.41, 5.74) is 0.810. The summed E-state index contributed by atoms with van der Waals surface area (Å²) in [7, 11) is -1.94. The van der Waals surface area contributed by atoms with Gasteiger partial charge in [-0.1, -0.05) is 18.2 Å². The number of likely N-dealkylation sites (N-methyl/N-ethyl adjacent to an activating group) is 1. The second-order valence-electron chi connectivity index (χ2n) is 5.03. The highest BCUT2D eigenvalue weighted by Crippen LogP contribution is 2.16. The number of nitrogens with zero attached hydrogens (tertiary/aromatic N) is 3. The number of hydrogen-bond acceptors (Lipinski definition) is 4. The largest absolute Gasteiger partial charge is 0.345 e. The minimum Gasteiger partial charge on any atom is -0.345 e. The summed E-state index contributed by atoms with van der Waals surface area (Å²) in [5, 5.41) is 9.03. The minimum atomic E-state index is -3.61. The molecule has 0 N–H and O–H groups in total. The van der Waals surface area contributed by atoms with Crippen LogP contribution in [0.2, 0.25) is 0 Å². The van der Waals surface area contributed by atoms with E-state index in [9.17, 15) is 13.2 Å². The van der Waals surface area contributed by atoms with Crippen LogP contribution in [0.15, 0.2) is 24.3 Å². The van der Waals surface area contributed by atoms with E-state index < -0.39 is 10.0 Å². The summed E-state index contributed by atoms with van der Waals surface area (Å²) < 4.78 is 26.2. The summed E-state index contributed by atoms with van der Waals surface area (Å²) >= 11 is 0. The summed E-state index contributed by atoms with van der Waals surface area (Å²) in [6, 6.07) is 8.60. The maximum Gasteiger partial charge on any atom is 0.237 e. The molecule has 112 valence electrons. The molecule has 1 amide bonds. The van der Waals surface area contributed by atoms with Crippen molar-refractivity contribution in [2.75, 3.05) is 26.7 Å². The zero-order chi connectivity index (χ0) is 15.5. The fourth-order valence-corrected chi connectivity index (χ4v) is 3.78. The van der Waals surface area contributed by atoms with Gasteiger partial charge in [-0.2, -0.15) is 9.57 Å². The van der Waals surface area contributed by atoms with Crippen molar-refractivity contribution in [2.45, 2.75) is 12.2 Å². The van der Waals surface area contributed by atoms with E-state index >= 15 is 0 Å². The number of carbonyl (C=O) groups excluding carboxylic acids is 1. The van der Waals surface area contributed by atoms with Crippen LogP contribution in [0.1, 0.15) is 17.5 Å². The molecule has 0 saturated carbocycles. The van der Waals surface area contributed by atoms with Crippen LogP contribution >= 0.6 is 0 Å². The first-order valence-electron chi connectivity index (χ1n) is 6.64. The Balaban J connectivity index is 2.22. The Morgan fingerprint density at radius 1 is 1.29 bits per heavy atom. The number of nitriles is 1. The second kappa shape index (κ2) is 6.24. The highest BCUT2D eigenvalue weighted by atomic mass is 32.2. The molecule has 1 heterocycles. The quantitative estimate of drug-likeness (QED) is 0.816. The molecule has 1 fully saturated rings. The Bertz CT molecular complexity index is 679. The van der Waals surface area contributed by atoms with Crippen LogP contribution < -0.4 is 0 Å². The Morgan fingerprint density at radius 2 is 2.00 bits per heavy atom. The number of carbonyl (C=O) groups is 1. The van der Waals surface area contributed by atoms with Gasteiger partial charge in [-0.25, -0.2) is 8.42 Å². The molecule has 1 saturated heterocycles. The number of sulfonamides is 1. The van der Waals surface area contributed by atoms with Crippen molar-refractivity contribution in [1.29, 1.82) is 5.26 Å². The van der Waals surface area contributed by atoms with Crippen LogP contribution in [-0.4, -0.2) is 50.2 Å². The molecule has 1 aliphatic rings. The molecule has 6 nitrogen and oxygen atoms in total. The van der Waals surface area contributed by atoms with E-state index in [1.807, 2.05) is 6.07 Å². The first kappa shape index (κ1) is 15.5. The van der Waals surface area contributed by atoms with Gasteiger partial charge in [0.05, 0.1) is 23.9 Å². The molecule has 0 aliphatic carbocycles. The molecular weight excluding hydrogens is 290 g/mol. The molecule has 1 aromatic carbocycles. The van der Waals surface area contributed by atoms with Crippen LogP contribution in [0, 0.1) is 11.3 Å². The van der Waals surface area contributed by atoms with Crippen molar-refractivity contribution in [3.63, 3.8) is 0 Å². The molecule has 0 radical (unpaired) electrons.